The van der Waals surface area contributed by atoms with E-state index >= 15 is 0 Å². The highest BCUT2D eigenvalue weighted by Crippen LogP contribution is 2.32. The lowest BCUT2D eigenvalue weighted by Gasteiger charge is -2.15. The minimum absolute atomic E-state index is 0.0910. The Morgan fingerprint density at radius 1 is 1.17 bits per heavy atom. The average Bonchev–Trinajstić information content (AvgIpc) is 2.96. The van der Waals surface area contributed by atoms with Crippen LogP contribution in [0.25, 0.3) is 0 Å². The van der Waals surface area contributed by atoms with Crippen molar-refractivity contribution in [1.82, 2.24) is 4.90 Å². The molecule has 3 rings (SSSR count). The van der Waals surface area contributed by atoms with E-state index in [4.69, 9.17) is 4.74 Å². The van der Waals surface area contributed by atoms with Gasteiger partial charge in [-0.1, -0.05) is 41.6 Å². The Balaban J connectivity index is 1.73. The molecule has 0 aromatic heterocycles. The van der Waals surface area contributed by atoms with Crippen LogP contribution in [0.1, 0.15) is 17.5 Å². The number of thioether (sulfide) groups is 1. The van der Waals surface area contributed by atoms with E-state index < -0.39 is 5.25 Å². The molecule has 1 saturated heterocycles. The molecule has 1 aliphatic rings. The molecular weight excluding hydrogens is 386 g/mol. The first-order chi connectivity index (χ1) is 14.0. The number of benzene rings is 2. The number of carbonyl (C=O) groups is 2. The molecule has 1 heterocycles. The second kappa shape index (κ2) is 9.71. The normalized spacial score (nSPS) is 17.8. The maximum Gasteiger partial charge on any atom is 0.242 e. The maximum atomic E-state index is 12.9. The Bertz CT molecular complexity index is 912. The van der Waals surface area contributed by atoms with E-state index in [-0.39, 0.29) is 18.2 Å². The van der Waals surface area contributed by atoms with Gasteiger partial charge in [0.1, 0.15) is 5.25 Å². The molecule has 1 fully saturated rings. The number of amides is 2. The Labute approximate surface area is 175 Å². The van der Waals surface area contributed by atoms with Gasteiger partial charge in [-0.25, -0.2) is 4.99 Å². The molecule has 0 unspecified atom stereocenters. The first kappa shape index (κ1) is 21.1. The highest BCUT2D eigenvalue weighted by Gasteiger charge is 2.39. The van der Waals surface area contributed by atoms with Gasteiger partial charge in [0.25, 0.3) is 0 Å². The molecule has 7 heteroatoms. The predicted octanol–water partition coefficient (Wildman–Crippen LogP) is 3.91. The van der Waals surface area contributed by atoms with E-state index in [0.717, 1.165) is 22.5 Å². The van der Waals surface area contributed by atoms with Crippen LogP contribution in [0, 0.1) is 13.8 Å². The second-order valence-electron chi connectivity index (χ2n) is 6.94. The number of methoxy groups -OCH3 is 1. The molecule has 2 aromatic rings. The number of nitrogens with one attached hydrogen (secondary N) is 1. The zero-order chi connectivity index (χ0) is 20.8. The van der Waals surface area contributed by atoms with Crippen molar-refractivity contribution in [3.63, 3.8) is 0 Å². The Kier molecular flexibility index (Phi) is 7.06. The van der Waals surface area contributed by atoms with Crippen molar-refractivity contribution in [2.45, 2.75) is 25.5 Å². The van der Waals surface area contributed by atoms with Crippen LogP contribution >= 0.6 is 11.8 Å². The minimum Gasteiger partial charge on any atom is -0.383 e. The van der Waals surface area contributed by atoms with Gasteiger partial charge < -0.3 is 10.1 Å². The van der Waals surface area contributed by atoms with Crippen molar-refractivity contribution < 1.29 is 14.3 Å². The van der Waals surface area contributed by atoms with E-state index in [1.165, 1.54) is 11.8 Å². The molecule has 0 saturated carbocycles. The molecule has 2 amide bonds. The summed E-state index contributed by atoms with van der Waals surface area (Å²) in [5, 5.41) is 2.96. The summed E-state index contributed by atoms with van der Waals surface area (Å²) in [5.74, 6) is -0.305. The molecule has 29 heavy (non-hydrogen) atoms. The third-order valence-corrected chi connectivity index (χ3v) is 5.65. The largest absolute Gasteiger partial charge is 0.383 e. The number of aryl methyl sites for hydroxylation is 2. The molecule has 2 aromatic carbocycles. The van der Waals surface area contributed by atoms with Crippen molar-refractivity contribution in [3.8, 4) is 0 Å². The first-order valence-electron chi connectivity index (χ1n) is 9.45. The highest BCUT2D eigenvalue weighted by atomic mass is 32.2. The number of nitrogens with zero attached hydrogens (tertiary/aromatic N) is 2. The topological polar surface area (TPSA) is 71.0 Å². The molecule has 1 atom stereocenters. The fourth-order valence-electron chi connectivity index (χ4n) is 2.94. The number of rotatable bonds is 7. The third-order valence-electron chi connectivity index (χ3n) is 4.47. The van der Waals surface area contributed by atoms with Crippen LogP contribution in [0.2, 0.25) is 0 Å². The van der Waals surface area contributed by atoms with Gasteiger partial charge in [0.15, 0.2) is 5.17 Å². The first-order valence-corrected chi connectivity index (χ1v) is 10.3. The summed E-state index contributed by atoms with van der Waals surface area (Å²) in [7, 11) is 1.59. The summed E-state index contributed by atoms with van der Waals surface area (Å²) < 4.78 is 5.14. The SMILES string of the molecule is COCCN1C(=O)[C@H](CC(=O)Nc2ccc(C)cc2)SC1=Nc1cccc(C)c1. The minimum atomic E-state index is -0.499. The average molecular weight is 412 g/mol. The van der Waals surface area contributed by atoms with Crippen LogP contribution < -0.4 is 5.32 Å². The van der Waals surface area contributed by atoms with Crippen molar-refractivity contribution in [2.24, 2.45) is 4.99 Å². The predicted molar refractivity (Wildman–Crippen MR) is 118 cm³/mol. The zero-order valence-corrected chi connectivity index (χ0v) is 17.7. The lowest BCUT2D eigenvalue weighted by Crippen LogP contribution is -2.35. The van der Waals surface area contributed by atoms with E-state index in [9.17, 15) is 9.59 Å². The smallest absolute Gasteiger partial charge is 0.242 e. The summed E-state index contributed by atoms with van der Waals surface area (Å²) >= 11 is 1.33. The van der Waals surface area contributed by atoms with Gasteiger partial charge in [0.05, 0.1) is 18.8 Å². The van der Waals surface area contributed by atoms with Crippen molar-refractivity contribution in [3.05, 3.63) is 59.7 Å². The third kappa shape index (κ3) is 5.68. The molecule has 152 valence electrons. The summed E-state index contributed by atoms with van der Waals surface area (Å²) in [6, 6.07) is 15.4. The lowest BCUT2D eigenvalue weighted by atomic mass is 10.2. The highest BCUT2D eigenvalue weighted by molar-refractivity contribution is 8.15. The molecular formula is C22H25N3O3S. The van der Waals surface area contributed by atoms with Crippen LogP contribution in [0.3, 0.4) is 0 Å². The Morgan fingerprint density at radius 3 is 2.62 bits per heavy atom. The molecule has 6 nitrogen and oxygen atoms in total. The lowest BCUT2D eigenvalue weighted by molar-refractivity contribution is -0.128. The quantitative estimate of drug-likeness (QED) is 0.750. The van der Waals surface area contributed by atoms with Crippen molar-refractivity contribution >= 4 is 40.1 Å². The molecule has 1 N–H and O–H groups in total. The van der Waals surface area contributed by atoms with E-state index in [1.807, 2.05) is 62.4 Å². The molecule has 0 aliphatic carbocycles. The monoisotopic (exact) mass is 411 g/mol. The van der Waals surface area contributed by atoms with Gasteiger partial charge in [-0.3, -0.25) is 14.5 Å². The second-order valence-corrected chi connectivity index (χ2v) is 8.11. The molecule has 0 bridgehead atoms. The van der Waals surface area contributed by atoms with Gasteiger partial charge in [0, 0.05) is 19.2 Å². The summed E-state index contributed by atoms with van der Waals surface area (Å²) in [6.45, 7) is 4.80. The number of carbonyl (C=O) groups excluding carboxylic acids is 2. The number of hydrogen-bond acceptors (Lipinski definition) is 5. The van der Waals surface area contributed by atoms with E-state index in [2.05, 4.69) is 10.3 Å². The van der Waals surface area contributed by atoms with Crippen LogP contribution in [0.5, 0.6) is 0 Å². The number of anilines is 1. The maximum absolute atomic E-state index is 12.9. The Hall–Kier alpha value is -2.64. The fourth-order valence-corrected chi connectivity index (χ4v) is 4.12. The standard InChI is InChI=1S/C22H25N3O3S/c1-15-7-9-17(10-8-15)23-20(26)14-19-21(27)25(11-12-28-3)22(29-19)24-18-6-4-5-16(2)13-18/h4-10,13,19H,11-12,14H2,1-3H3,(H,23,26)/t19-/m0/s1. The van der Waals surface area contributed by atoms with Crippen molar-refractivity contribution in [1.29, 1.82) is 0 Å². The Morgan fingerprint density at radius 2 is 1.93 bits per heavy atom. The van der Waals surface area contributed by atoms with Crippen LogP contribution in [0.4, 0.5) is 11.4 Å². The summed E-state index contributed by atoms with van der Waals surface area (Å²) in [6.07, 6.45) is 0.0910. The number of hydrogen-bond donors (Lipinski definition) is 1. The van der Waals surface area contributed by atoms with Crippen LogP contribution in [-0.2, 0) is 14.3 Å². The summed E-state index contributed by atoms with van der Waals surface area (Å²) in [5.41, 5.74) is 3.72. The van der Waals surface area contributed by atoms with E-state index in [0.29, 0.717) is 18.3 Å². The molecule has 1 aliphatic heterocycles. The number of ether oxygens (including phenoxy) is 1. The number of amidine groups is 1. The van der Waals surface area contributed by atoms with E-state index in [1.54, 1.807) is 12.0 Å². The zero-order valence-electron chi connectivity index (χ0n) is 16.8. The molecule has 0 spiro atoms. The van der Waals surface area contributed by atoms with Gasteiger partial charge in [0.2, 0.25) is 11.8 Å². The van der Waals surface area contributed by atoms with Crippen LogP contribution in [0.15, 0.2) is 53.5 Å². The van der Waals surface area contributed by atoms with Gasteiger partial charge in [-0.05, 0) is 43.7 Å². The number of aliphatic imine (C=N–C) groups is 1. The van der Waals surface area contributed by atoms with Gasteiger partial charge >= 0.3 is 0 Å². The van der Waals surface area contributed by atoms with Gasteiger partial charge in [-0.15, -0.1) is 0 Å². The fraction of sp³-hybridized carbons (Fsp3) is 0.318. The van der Waals surface area contributed by atoms with Crippen LogP contribution in [-0.4, -0.2) is 47.4 Å². The molecule has 0 radical (unpaired) electrons. The van der Waals surface area contributed by atoms with Gasteiger partial charge in [-0.2, -0.15) is 0 Å². The summed E-state index contributed by atoms with van der Waals surface area (Å²) in [4.78, 5) is 31.6. The van der Waals surface area contributed by atoms with Crippen molar-refractivity contribution in [2.75, 3.05) is 25.6 Å².